The van der Waals surface area contributed by atoms with Crippen molar-refractivity contribution in [1.29, 1.82) is 15.8 Å². The normalized spacial score (nSPS) is 11.8. The predicted octanol–water partition coefficient (Wildman–Crippen LogP) is 2.46. The molecule has 0 spiro atoms. The molecule has 0 saturated heterocycles. The zero-order chi connectivity index (χ0) is 11.0. The first-order valence-electron chi connectivity index (χ1n) is 4.16. The van der Waals surface area contributed by atoms with E-state index in [1.165, 1.54) is 6.92 Å². The molecule has 0 bridgehead atoms. The van der Waals surface area contributed by atoms with E-state index in [4.69, 9.17) is 15.8 Å². The van der Waals surface area contributed by atoms with Crippen molar-refractivity contribution in [1.82, 2.24) is 0 Å². The molecule has 0 aromatic carbocycles. The van der Waals surface area contributed by atoms with Gasteiger partial charge >= 0.3 is 0 Å². The fourth-order valence-electron chi connectivity index (χ4n) is 0.833. The van der Waals surface area contributed by atoms with E-state index < -0.39 is 5.41 Å². The van der Waals surface area contributed by atoms with Crippen LogP contribution < -0.4 is 0 Å². The molecule has 0 aliphatic heterocycles. The molecule has 14 heavy (non-hydrogen) atoms. The lowest BCUT2D eigenvalue weighted by Crippen LogP contribution is -2.11. The average Bonchev–Trinajstić information content (AvgIpc) is 2.23. The first-order chi connectivity index (χ1) is 6.61. The van der Waals surface area contributed by atoms with Gasteiger partial charge in [-0.25, -0.2) is 0 Å². The molecule has 0 radical (unpaired) electrons. The minimum absolute atomic E-state index is 0.167. The van der Waals surface area contributed by atoms with Crippen molar-refractivity contribution in [2.24, 2.45) is 5.41 Å². The van der Waals surface area contributed by atoms with E-state index in [2.05, 4.69) is 0 Å². The zero-order valence-electron chi connectivity index (χ0n) is 8.28. The maximum Gasteiger partial charge on any atom is 0.145 e. The molecule has 0 aliphatic rings. The molecular weight excluding hydrogens is 174 g/mol. The Hall–Kier alpha value is -2.05. The van der Waals surface area contributed by atoms with Crippen molar-refractivity contribution in [3.05, 3.63) is 23.8 Å². The van der Waals surface area contributed by atoms with Crippen LogP contribution in [-0.4, -0.2) is 0 Å². The van der Waals surface area contributed by atoms with Crippen molar-refractivity contribution in [2.45, 2.75) is 20.3 Å². The molecule has 0 saturated carbocycles. The molecule has 0 N–H and O–H groups in total. The van der Waals surface area contributed by atoms with Crippen molar-refractivity contribution >= 4 is 0 Å². The van der Waals surface area contributed by atoms with Gasteiger partial charge in [0.1, 0.15) is 5.41 Å². The summed E-state index contributed by atoms with van der Waals surface area (Å²) in [5.74, 6) is 0. The van der Waals surface area contributed by atoms with Crippen molar-refractivity contribution in [3.8, 4) is 18.2 Å². The molecule has 0 rings (SSSR count). The first-order valence-corrected chi connectivity index (χ1v) is 4.16. The minimum atomic E-state index is -1.11. The number of nitrogens with zero attached hydrogens (tertiary/aromatic N) is 3. The molecule has 0 aliphatic carbocycles. The Morgan fingerprint density at radius 2 is 1.86 bits per heavy atom. The predicted molar refractivity (Wildman–Crippen MR) is 52.5 cm³/mol. The maximum atomic E-state index is 8.74. The maximum absolute atomic E-state index is 8.74. The van der Waals surface area contributed by atoms with Crippen LogP contribution in [0.2, 0.25) is 0 Å². The van der Waals surface area contributed by atoms with E-state index in [1.54, 1.807) is 18.2 Å². The van der Waals surface area contributed by atoms with Gasteiger partial charge in [0.2, 0.25) is 0 Å². The third kappa shape index (κ3) is 3.57. The van der Waals surface area contributed by atoms with Crippen LogP contribution in [0.15, 0.2) is 23.8 Å². The molecular formula is C11H11N3. The molecule has 0 atom stereocenters. The van der Waals surface area contributed by atoms with Crippen LogP contribution in [0.5, 0.6) is 0 Å². The smallest absolute Gasteiger partial charge is 0.145 e. The molecule has 0 unspecified atom stereocenters. The van der Waals surface area contributed by atoms with Crippen LogP contribution in [0, 0.1) is 39.4 Å². The summed E-state index contributed by atoms with van der Waals surface area (Å²) in [6.45, 7) is 3.35. The number of rotatable bonds is 3. The highest BCUT2D eigenvalue weighted by molar-refractivity contribution is 5.30. The highest BCUT2D eigenvalue weighted by Gasteiger charge is 2.24. The van der Waals surface area contributed by atoms with Gasteiger partial charge in [-0.1, -0.05) is 12.2 Å². The molecule has 0 amide bonds. The fourth-order valence-corrected chi connectivity index (χ4v) is 0.833. The topological polar surface area (TPSA) is 71.4 Å². The highest BCUT2D eigenvalue weighted by atomic mass is 14.4. The minimum Gasteiger partial charge on any atom is -0.197 e. The summed E-state index contributed by atoms with van der Waals surface area (Å²) in [6, 6.07) is 5.75. The molecule has 3 nitrogen and oxygen atoms in total. The summed E-state index contributed by atoms with van der Waals surface area (Å²) in [6.07, 6.45) is 5.29. The Labute approximate surface area is 84.2 Å². The average molecular weight is 185 g/mol. The number of nitriles is 3. The Kier molecular flexibility index (Phi) is 4.76. The lowest BCUT2D eigenvalue weighted by molar-refractivity contribution is 0.584. The van der Waals surface area contributed by atoms with Crippen LogP contribution in [-0.2, 0) is 0 Å². The van der Waals surface area contributed by atoms with E-state index in [1.807, 2.05) is 25.1 Å². The van der Waals surface area contributed by atoms with Gasteiger partial charge in [0.05, 0.1) is 18.2 Å². The SMILES string of the molecule is C/C=C/C=C(\C#N)CC(C)(C#N)C#N. The summed E-state index contributed by atoms with van der Waals surface area (Å²) < 4.78 is 0. The number of hydrogen-bond acceptors (Lipinski definition) is 3. The Bertz CT molecular complexity index is 355. The van der Waals surface area contributed by atoms with Gasteiger partial charge in [0.25, 0.3) is 0 Å². The largest absolute Gasteiger partial charge is 0.197 e. The second-order valence-electron chi connectivity index (χ2n) is 3.06. The number of hydrogen-bond donors (Lipinski definition) is 0. The van der Waals surface area contributed by atoms with E-state index in [9.17, 15) is 0 Å². The fraction of sp³-hybridized carbons (Fsp3) is 0.364. The van der Waals surface area contributed by atoms with Gasteiger partial charge in [0, 0.05) is 12.0 Å². The second kappa shape index (κ2) is 5.57. The quantitative estimate of drug-likeness (QED) is 0.500. The summed E-state index contributed by atoms with van der Waals surface area (Å²) in [5.41, 5.74) is -0.669. The summed E-state index contributed by atoms with van der Waals surface area (Å²) in [5, 5.41) is 26.2. The first kappa shape index (κ1) is 11.9. The van der Waals surface area contributed by atoms with Gasteiger partial charge in [-0.2, -0.15) is 15.8 Å². The lowest BCUT2D eigenvalue weighted by atomic mass is 9.87. The third-order valence-corrected chi connectivity index (χ3v) is 1.67. The van der Waals surface area contributed by atoms with Crippen LogP contribution in [0.1, 0.15) is 20.3 Å². The van der Waals surface area contributed by atoms with Crippen molar-refractivity contribution < 1.29 is 0 Å². The highest BCUT2D eigenvalue weighted by Crippen LogP contribution is 2.23. The molecule has 0 heterocycles. The lowest BCUT2D eigenvalue weighted by Gasteiger charge is -2.09. The third-order valence-electron chi connectivity index (χ3n) is 1.67. The van der Waals surface area contributed by atoms with E-state index in [0.29, 0.717) is 5.57 Å². The van der Waals surface area contributed by atoms with Crippen molar-refractivity contribution in [2.75, 3.05) is 0 Å². The van der Waals surface area contributed by atoms with Crippen LogP contribution in [0.4, 0.5) is 0 Å². The standard InChI is InChI=1S/C11H11N3/c1-3-4-5-10(7-12)6-11(2,8-13)9-14/h3-5H,6H2,1-2H3/b4-3+,10-5-. The monoisotopic (exact) mass is 185 g/mol. The Morgan fingerprint density at radius 1 is 1.29 bits per heavy atom. The summed E-state index contributed by atoms with van der Waals surface area (Å²) in [7, 11) is 0. The van der Waals surface area contributed by atoms with Crippen molar-refractivity contribution in [3.63, 3.8) is 0 Å². The van der Waals surface area contributed by atoms with Gasteiger partial charge in [0.15, 0.2) is 0 Å². The molecule has 0 fully saturated rings. The van der Waals surface area contributed by atoms with Gasteiger partial charge in [-0.3, -0.25) is 0 Å². The van der Waals surface area contributed by atoms with Crippen LogP contribution >= 0.6 is 0 Å². The van der Waals surface area contributed by atoms with E-state index in [-0.39, 0.29) is 6.42 Å². The van der Waals surface area contributed by atoms with Crippen LogP contribution in [0.25, 0.3) is 0 Å². The van der Waals surface area contributed by atoms with Gasteiger partial charge in [-0.05, 0) is 19.9 Å². The Balaban J connectivity index is 4.76. The summed E-state index contributed by atoms with van der Waals surface area (Å²) in [4.78, 5) is 0. The second-order valence-corrected chi connectivity index (χ2v) is 3.06. The van der Waals surface area contributed by atoms with Gasteiger partial charge in [-0.15, -0.1) is 0 Å². The Morgan fingerprint density at radius 3 is 2.21 bits per heavy atom. The zero-order valence-corrected chi connectivity index (χ0v) is 8.28. The number of allylic oxidation sites excluding steroid dienone is 4. The molecule has 0 aromatic rings. The van der Waals surface area contributed by atoms with E-state index >= 15 is 0 Å². The van der Waals surface area contributed by atoms with E-state index in [0.717, 1.165) is 0 Å². The summed E-state index contributed by atoms with van der Waals surface area (Å²) >= 11 is 0. The van der Waals surface area contributed by atoms with Crippen LogP contribution in [0.3, 0.4) is 0 Å². The molecule has 70 valence electrons. The molecule has 0 aromatic heterocycles. The van der Waals surface area contributed by atoms with Gasteiger partial charge < -0.3 is 0 Å². The molecule has 3 heteroatoms.